The van der Waals surface area contributed by atoms with Gasteiger partial charge in [-0.05, 0) is 59.2 Å². The Balaban J connectivity index is 1.27. The molecule has 1 heterocycles. The Morgan fingerprint density at radius 3 is 2.22 bits per heavy atom. The number of amides is 1. The molecule has 1 aromatic heterocycles. The average Bonchev–Trinajstić information content (AvgIpc) is 3.45. The summed E-state index contributed by atoms with van der Waals surface area (Å²) in [6.07, 6.45) is 2.96. The predicted molar refractivity (Wildman–Crippen MR) is 134 cm³/mol. The lowest BCUT2D eigenvalue weighted by molar-refractivity contribution is -0.136. The number of ether oxygens (including phenoxy) is 2. The fourth-order valence-corrected chi connectivity index (χ4v) is 3.30. The highest BCUT2D eigenvalue weighted by Gasteiger charge is 2.10. The number of hydrogen-bond donors (Lipinski definition) is 1. The molecule has 4 rings (SSSR count). The molecule has 7 heteroatoms. The third-order valence-corrected chi connectivity index (χ3v) is 5.11. The van der Waals surface area contributed by atoms with Gasteiger partial charge in [0.15, 0.2) is 6.61 Å². The number of hydrogen-bond acceptors (Lipinski definition) is 6. The summed E-state index contributed by atoms with van der Waals surface area (Å²) < 4.78 is 16.0. The van der Waals surface area contributed by atoms with E-state index in [0.717, 1.165) is 11.1 Å². The van der Waals surface area contributed by atoms with Gasteiger partial charge in [-0.2, -0.15) is 5.26 Å². The summed E-state index contributed by atoms with van der Waals surface area (Å²) in [7, 11) is 0. The highest BCUT2D eigenvalue weighted by molar-refractivity contribution is 6.01. The van der Waals surface area contributed by atoms with Gasteiger partial charge in [0.05, 0.1) is 12.8 Å². The lowest BCUT2D eigenvalue weighted by Gasteiger charge is -2.08. The van der Waals surface area contributed by atoms with E-state index in [2.05, 4.69) is 5.32 Å². The Morgan fingerprint density at radius 2 is 1.56 bits per heavy atom. The Morgan fingerprint density at radius 1 is 0.861 bits per heavy atom. The molecule has 178 valence electrons. The number of carbonyl (C=O) groups excluding carboxylic acids is 2. The molecule has 36 heavy (non-hydrogen) atoms. The summed E-state index contributed by atoms with van der Waals surface area (Å²) in [6.45, 7) is -0.0697. The van der Waals surface area contributed by atoms with E-state index in [4.69, 9.17) is 13.9 Å². The van der Waals surface area contributed by atoms with Crippen LogP contribution in [0.3, 0.4) is 0 Å². The van der Waals surface area contributed by atoms with E-state index >= 15 is 0 Å². The van der Waals surface area contributed by atoms with E-state index in [1.54, 1.807) is 48.5 Å². The van der Waals surface area contributed by atoms with Crippen molar-refractivity contribution in [2.75, 3.05) is 6.61 Å². The minimum absolute atomic E-state index is 0.0574. The van der Waals surface area contributed by atoms with E-state index < -0.39 is 11.9 Å². The van der Waals surface area contributed by atoms with Gasteiger partial charge < -0.3 is 19.2 Å². The molecule has 0 spiro atoms. The highest BCUT2D eigenvalue weighted by Crippen LogP contribution is 2.22. The number of benzene rings is 3. The van der Waals surface area contributed by atoms with Crippen molar-refractivity contribution >= 4 is 18.0 Å². The molecule has 0 saturated heterocycles. The lowest BCUT2D eigenvalue weighted by atomic mass is 10.1. The molecule has 4 aromatic rings. The zero-order valence-electron chi connectivity index (χ0n) is 19.2. The second kappa shape index (κ2) is 11.9. The van der Waals surface area contributed by atoms with Crippen LogP contribution in [-0.4, -0.2) is 18.5 Å². The Hall–Kier alpha value is -5.09. The molecule has 3 aromatic carbocycles. The molecule has 0 radical (unpaired) electrons. The zero-order chi connectivity index (χ0) is 25.2. The quantitative estimate of drug-likeness (QED) is 0.154. The van der Waals surface area contributed by atoms with Crippen LogP contribution in [-0.2, 0) is 16.1 Å². The number of carbonyl (C=O) groups is 2. The van der Waals surface area contributed by atoms with Crippen LogP contribution in [0.5, 0.6) is 11.5 Å². The van der Waals surface area contributed by atoms with E-state index in [1.165, 1.54) is 12.3 Å². The van der Waals surface area contributed by atoms with Gasteiger partial charge in [0.25, 0.3) is 5.91 Å². The maximum absolute atomic E-state index is 12.2. The summed E-state index contributed by atoms with van der Waals surface area (Å²) >= 11 is 0. The smallest absolute Gasteiger partial charge is 0.349 e. The van der Waals surface area contributed by atoms with Crippen LogP contribution in [0.25, 0.3) is 17.2 Å². The molecule has 0 fully saturated rings. The van der Waals surface area contributed by atoms with Crippen LogP contribution in [0.2, 0.25) is 0 Å². The summed E-state index contributed by atoms with van der Waals surface area (Å²) in [5.41, 5.74) is 2.69. The molecular formula is C29H22N2O5. The van der Waals surface area contributed by atoms with Crippen molar-refractivity contribution in [3.63, 3.8) is 0 Å². The Bertz CT molecular complexity index is 1370. The largest absolute Gasteiger partial charge is 0.482 e. The van der Waals surface area contributed by atoms with Crippen molar-refractivity contribution in [3.05, 3.63) is 114 Å². The van der Waals surface area contributed by atoms with Gasteiger partial charge in [-0.1, -0.05) is 54.6 Å². The highest BCUT2D eigenvalue weighted by atomic mass is 16.6. The molecular weight excluding hydrogens is 456 g/mol. The molecule has 0 unspecified atom stereocenters. The molecule has 7 nitrogen and oxygen atoms in total. The average molecular weight is 479 g/mol. The Labute approximate surface area is 208 Å². The Kier molecular flexibility index (Phi) is 7.92. The van der Waals surface area contributed by atoms with E-state index in [9.17, 15) is 14.9 Å². The molecule has 1 N–H and O–H groups in total. The van der Waals surface area contributed by atoms with Crippen molar-refractivity contribution in [3.8, 4) is 28.7 Å². The summed E-state index contributed by atoms with van der Waals surface area (Å²) in [4.78, 5) is 24.4. The second-order valence-electron chi connectivity index (χ2n) is 7.65. The topological polar surface area (TPSA) is 102 Å². The van der Waals surface area contributed by atoms with Gasteiger partial charge in [0, 0.05) is 0 Å². The lowest BCUT2D eigenvalue weighted by Crippen LogP contribution is -2.23. The van der Waals surface area contributed by atoms with Gasteiger partial charge in [0.1, 0.15) is 28.9 Å². The van der Waals surface area contributed by atoms with Crippen molar-refractivity contribution in [1.82, 2.24) is 5.32 Å². The van der Waals surface area contributed by atoms with E-state index in [-0.39, 0.29) is 18.7 Å². The first-order chi connectivity index (χ1) is 17.6. The fraction of sp³-hybridized carbons (Fsp3) is 0.0690. The van der Waals surface area contributed by atoms with Gasteiger partial charge in [-0.25, -0.2) is 4.79 Å². The van der Waals surface area contributed by atoms with Crippen molar-refractivity contribution in [2.24, 2.45) is 0 Å². The molecule has 0 saturated carbocycles. The van der Waals surface area contributed by atoms with Crippen molar-refractivity contribution in [2.45, 2.75) is 6.54 Å². The van der Waals surface area contributed by atoms with E-state index in [1.807, 2.05) is 48.5 Å². The number of esters is 1. The number of nitriles is 1. The molecule has 1 amide bonds. The molecule has 0 bridgehead atoms. The second-order valence-corrected chi connectivity index (χ2v) is 7.65. The minimum Gasteiger partial charge on any atom is -0.482 e. The zero-order valence-corrected chi connectivity index (χ0v) is 19.2. The molecule has 0 atom stereocenters. The maximum Gasteiger partial charge on any atom is 0.349 e. The van der Waals surface area contributed by atoms with Crippen LogP contribution in [0.15, 0.2) is 107 Å². The minimum atomic E-state index is -0.555. The van der Waals surface area contributed by atoms with Crippen LogP contribution in [0.1, 0.15) is 11.3 Å². The summed E-state index contributed by atoms with van der Waals surface area (Å²) in [5, 5.41) is 12.0. The molecule has 0 aliphatic rings. The summed E-state index contributed by atoms with van der Waals surface area (Å²) in [5.74, 6) is 0.390. The fourth-order valence-electron chi connectivity index (χ4n) is 3.30. The van der Waals surface area contributed by atoms with Gasteiger partial charge in [-0.15, -0.1) is 0 Å². The van der Waals surface area contributed by atoms with Crippen molar-refractivity contribution < 1.29 is 23.5 Å². The van der Waals surface area contributed by atoms with Crippen LogP contribution < -0.4 is 14.8 Å². The number of rotatable bonds is 9. The third-order valence-electron chi connectivity index (χ3n) is 5.11. The number of nitrogens with zero attached hydrogens (tertiary/aromatic N) is 1. The SMILES string of the molecule is N#C/C(=C\c1ccc(OC(=O)COc2ccc(-c3ccccc3)cc2)cc1)C(=O)NCc1ccco1. The van der Waals surface area contributed by atoms with Gasteiger partial charge in [-0.3, -0.25) is 4.79 Å². The number of furan rings is 1. The van der Waals surface area contributed by atoms with Gasteiger partial charge in [0.2, 0.25) is 0 Å². The maximum atomic E-state index is 12.2. The van der Waals surface area contributed by atoms with E-state index in [0.29, 0.717) is 22.8 Å². The normalized spacial score (nSPS) is 10.8. The van der Waals surface area contributed by atoms with Crippen LogP contribution >= 0.6 is 0 Å². The summed E-state index contributed by atoms with van der Waals surface area (Å²) in [6, 6.07) is 29.2. The van der Waals surface area contributed by atoms with Crippen molar-refractivity contribution in [1.29, 1.82) is 5.26 Å². The third kappa shape index (κ3) is 6.72. The first kappa shape index (κ1) is 24.0. The van der Waals surface area contributed by atoms with Crippen LogP contribution in [0, 0.1) is 11.3 Å². The monoisotopic (exact) mass is 478 g/mol. The van der Waals surface area contributed by atoms with Gasteiger partial charge >= 0.3 is 5.97 Å². The first-order valence-electron chi connectivity index (χ1n) is 11.1. The molecule has 0 aliphatic carbocycles. The number of nitrogens with one attached hydrogen (secondary N) is 1. The first-order valence-corrected chi connectivity index (χ1v) is 11.1. The standard InChI is InChI=1S/C29H22N2O5/c30-18-24(29(33)31-19-27-7-4-16-34-27)17-21-8-12-26(13-9-21)36-28(32)20-35-25-14-10-23(11-15-25)22-5-2-1-3-6-22/h1-17H,19-20H2,(H,31,33)/b24-17+. The van der Waals surface area contributed by atoms with Crippen LogP contribution in [0.4, 0.5) is 0 Å². The predicted octanol–water partition coefficient (Wildman–Crippen LogP) is 5.15. The molecule has 0 aliphatic heterocycles.